The highest BCUT2D eigenvalue weighted by atomic mass is 35.5. The zero-order valence-corrected chi connectivity index (χ0v) is 11.7. The van der Waals surface area contributed by atoms with Gasteiger partial charge in [0.15, 0.2) is 6.10 Å². The van der Waals surface area contributed by atoms with Crippen LogP contribution in [0.4, 0.5) is 13.2 Å². The molecule has 1 unspecified atom stereocenters. The van der Waals surface area contributed by atoms with Crippen LogP contribution in [0.25, 0.3) is 11.1 Å². The van der Waals surface area contributed by atoms with Crippen molar-refractivity contribution in [3.8, 4) is 11.1 Å². The summed E-state index contributed by atoms with van der Waals surface area (Å²) in [5, 5.41) is 18.6. The fourth-order valence-corrected chi connectivity index (χ4v) is 2.42. The topological polar surface area (TPSA) is 57.5 Å². The van der Waals surface area contributed by atoms with Gasteiger partial charge in [-0.2, -0.15) is 13.2 Å². The molecule has 116 valence electrons. The molecule has 3 nitrogen and oxygen atoms in total. The molecule has 0 aliphatic rings. The van der Waals surface area contributed by atoms with E-state index in [1.807, 2.05) is 0 Å². The van der Waals surface area contributed by atoms with E-state index >= 15 is 0 Å². The minimum Gasteiger partial charge on any atom is -0.479 e. The minimum absolute atomic E-state index is 0.0738. The summed E-state index contributed by atoms with van der Waals surface area (Å²) in [6.07, 6.45) is -6.64. The zero-order valence-electron chi connectivity index (χ0n) is 10.9. The molecule has 22 heavy (non-hydrogen) atoms. The van der Waals surface area contributed by atoms with Gasteiger partial charge in [-0.1, -0.05) is 41.9 Å². The molecule has 0 aromatic heterocycles. The van der Waals surface area contributed by atoms with Crippen molar-refractivity contribution in [2.24, 2.45) is 0 Å². The molecular weight excluding hydrogens is 321 g/mol. The number of aliphatic hydroxyl groups excluding tert-OH is 1. The number of aliphatic hydroxyl groups is 1. The van der Waals surface area contributed by atoms with Crippen LogP contribution in [0.2, 0.25) is 5.02 Å². The fraction of sp³-hybridized carbons (Fsp3) is 0.133. The van der Waals surface area contributed by atoms with Crippen LogP contribution in [-0.2, 0) is 11.0 Å². The van der Waals surface area contributed by atoms with Gasteiger partial charge in [-0.3, -0.25) is 0 Å². The van der Waals surface area contributed by atoms with Gasteiger partial charge in [-0.15, -0.1) is 0 Å². The average molecular weight is 331 g/mol. The largest absolute Gasteiger partial charge is 0.479 e. The van der Waals surface area contributed by atoms with Gasteiger partial charge in [0.25, 0.3) is 0 Å². The van der Waals surface area contributed by atoms with E-state index in [1.165, 1.54) is 36.4 Å². The summed E-state index contributed by atoms with van der Waals surface area (Å²) in [5.74, 6) is -1.60. The average Bonchev–Trinajstić information content (AvgIpc) is 2.45. The Balaban J connectivity index is 2.75. The van der Waals surface area contributed by atoms with E-state index in [0.29, 0.717) is 0 Å². The van der Waals surface area contributed by atoms with Crippen molar-refractivity contribution in [1.82, 2.24) is 0 Å². The minimum atomic E-state index is -4.62. The molecule has 0 saturated heterocycles. The van der Waals surface area contributed by atoms with Gasteiger partial charge >= 0.3 is 12.1 Å². The van der Waals surface area contributed by atoms with Crippen molar-refractivity contribution in [1.29, 1.82) is 0 Å². The number of carbonyl (C=O) groups is 1. The van der Waals surface area contributed by atoms with Gasteiger partial charge in [0.2, 0.25) is 0 Å². The van der Waals surface area contributed by atoms with Crippen molar-refractivity contribution in [3.63, 3.8) is 0 Å². The van der Waals surface area contributed by atoms with Crippen molar-refractivity contribution < 1.29 is 28.2 Å². The summed E-state index contributed by atoms with van der Waals surface area (Å²) < 4.78 is 39.3. The predicted octanol–water partition coefficient (Wildman–Crippen LogP) is 4.14. The van der Waals surface area contributed by atoms with E-state index in [1.54, 1.807) is 0 Å². The first-order valence-corrected chi connectivity index (χ1v) is 6.47. The molecule has 0 heterocycles. The Hall–Kier alpha value is -2.05. The number of carboxylic acids is 1. The van der Waals surface area contributed by atoms with Crippen LogP contribution >= 0.6 is 11.6 Å². The summed E-state index contributed by atoms with van der Waals surface area (Å²) in [5.41, 5.74) is -1.52. The SMILES string of the molecule is O=C(O)C(O)c1c(Cl)cccc1-c1ccccc1C(F)(F)F. The molecule has 0 radical (unpaired) electrons. The van der Waals surface area contributed by atoms with E-state index in [2.05, 4.69) is 0 Å². The van der Waals surface area contributed by atoms with Gasteiger partial charge in [-0.05, 0) is 23.3 Å². The molecule has 0 amide bonds. The second-order valence-electron chi connectivity index (χ2n) is 4.49. The highest BCUT2D eigenvalue weighted by Crippen LogP contribution is 2.41. The molecule has 0 fully saturated rings. The second-order valence-corrected chi connectivity index (χ2v) is 4.89. The zero-order chi connectivity index (χ0) is 16.5. The molecule has 2 rings (SSSR count). The normalized spacial score (nSPS) is 13.0. The molecule has 7 heteroatoms. The summed E-state index contributed by atoms with van der Waals surface area (Å²) in [7, 11) is 0. The maximum Gasteiger partial charge on any atom is 0.417 e. The van der Waals surface area contributed by atoms with Crippen LogP contribution in [0.15, 0.2) is 42.5 Å². The van der Waals surface area contributed by atoms with Crippen LogP contribution in [0.3, 0.4) is 0 Å². The summed E-state index contributed by atoms with van der Waals surface area (Å²) in [6, 6.07) is 8.69. The fourth-order valence-electron chi connectivity index (χ4n) is 2.14. The molecule has 0 aliphatic carbocycles. The lowest BCUT2D eigenvalue weighted by Gasteiger charge is -2.18. The number of rotatable bonds is 3. The highest BCUT2D eigenvalue weighted by Gasteiger charge is 2.34. The van der Waals surface area contributed by atoms with E-state index in [4.69, 9.17) is 16.7 Å². The molecule has 0 aliphatic heterocycles. The molecular formula is C15H10ClF3O3. The number of alkyl halides is 3. The Labute approximate surface area is 128 Å². The van der Waals surface area contributed by atoms with Crippen LogP contribution in [0.1, 0.15) is 17.2 Å². The van der Waals surface area contributed by atoms with Crippen molar-refractivity contribution in [2.45, 2.75) is 12.3 Å². The molecule has 2 aromatic carbocycles. The van der Waals surface area contributed by atoms with Gasteiger partial charge in [0.05, 0.1) is 5.56 Å². The van der Waals surface area contributed by atoms with Gasteiger partial charge in [0, 0.05) is 10.6 Å². The second kappa shape index (κ2) is 5.98. The lowest BCUT2D eigenvalue weighted by Crippen LogP contribution is -2.13. The number of carboxylic acid groups (broad SMARTS) is 1. The first-order valence-electron chi connectivity index (χ1n) is 6.09. The van der Waals surface area contributed by atoms with E-state index in [-0.39, 0.29) is 21.7 Å². The van der Waals surface area contributed by atoms with Gasteiger partial charge in [-0.25, -0.2) is 4.79 Å². The Morgan fingerprint density at radius 2 is 1.64 bits per heavy atom. The third-order valence-electron chi connectivity index (χ3n) is 3.08. The molecule has 0 saturated carbocycles. The van der Waals surface area contributed by atoms with Crippen molar-refractivity contribution in [3.05, 3.63) is 58.6 Å². The summed E-state index contributed by atoms with van der Waals surface area (Å²) in [6.45, 7) is 0. The molecule has 2 aromatic rings. The monoisotopic (exact) mass is 330 g/mol. The lowest BCUT2D eigenvalue weighted by molar-refractivity contribution is -0.146. The number of aliphatic carboxylic acids is 1. The molecule has 1 atom stereocenters. The van der Waals surface area contributed by atoms with E-state index in [9.17, 15) is 23.1 Å². The summed E-state index contributed by atoms with van der Waals surface area (Å²) in [4.78, 5) is 11.0. The van der Waals surface area contributed by atoms with Crippen LogP contribution in [0.5, 0.6) is 0 Å². The van der Waals surface area contributed by atoms with Crippen molar-refractivity contribution >= 4 is 17.6 Å². The van der Waals surface area contributed by atoms with Crippen molar-refractivity contribution in [2.75, 3.05) is 0 Å². The lowest BCUT2D eigenvalue weighted by atomic mass is 9.92. The number of halogens is 4. The smallest absolute Gasteiger partial charge is 0.417 e. The van der Waals surface area contributed by atoms with E-state index in [0.717, 1.165) is 6.07 Å². The quantitative estimate of drug-likeness (QED) is 0.889. The number of benzene rings is 2. The van der Waals surface area contributed by atoms with E-state index < -0.39 is 23.8 Å². The standard InChI is InChI=1S/C15H10ClF3O3/c16-11-7-3-5-9(12(11)13(20)14(21)22)8-4-1-2-6-10(8)15(17,18)19/h1-7,13,20H,(H,21,22). The maximum absolute atomic E-state index is 13.1. The Morgan fingerprint density at radius 1 is 1.05 bits per heavy atom. The summed E-state index contributed by atoms with van der Waals surface area (Å²) >= 11 is 5.88. The maximum atomic E-state index is 13.1. The first-order chi connectivity index (χ1) is 10.2. The number of hydrogen-bond acceptors (Lipinski definition) is 2. The number of hydrogen-bond donors (Lipinski definition) is 2. The Kier molecular flexibility index (Phi) is 4.44. The third-order valence-corrected chi connectivity index (χ3v) is 3.41. The molecule has 0 spiro atoms. The van der Waals surface area contributed by atoms with Crippen LogP contribution in [-0.4, -0.2) is 16.2 Å². The Morgan fingerprint density at radius 3 is 2.23 bits per heavy atom. The first kappa shape index (κ1) is 16.3. The molecule has 0 bridgehead atoms. The molecule has 2 N–H and O–H groups in total. The Bertz CT molecular complexity index is 713. The van der Waals surface area contributed by atoms with Crippen LogP contribution < -0.4 is 0 Å². The van der Waals surface area contributed by atoms with Crippen LogP contribution in [0, 0.1) is 0 Å². The predicted molar refractivity (Wildman–Crippen MR) is 74.5 cm³/mol. The third kappa shape index (κ3) is 3.08. The van der Waals surface area contributed by atoms with Gasteiger partial charge in [0.1, 0.15) is 0 Å². The van der Waals surface area contributed by atoms with Gasteiger partial charge < -0.3 is 10.2 Å². The highest BCUT2D eigenvalue weighted by molar-refractivity contribution is 6.32.